The van der Waals surface area contributed by atoms with Crippen molar-refractivity contribution in [2.45, 2.75) is 0 Å². The minimum Gasteiger partial charge on any atom is -0.361 e. The molecule has 0 fully saturated rings. The first kappa shape index (κ1) is 10.5. The molecule has 1 amide bonds. The largest absolute Gasteiger partial charge is 0.361 e. The van der Waals surface area contributed by atoms with E-state index >= 15 is 0 Å². The first-order valence-corrected chi connectivity index (χ1v) is 5.47. The molecule has 0 aliphatic heterocycles. The number of carbonyl (C=O) groups is 1. The Balaban J connectivity index is 1.86. The fourth-order valence-corrected chi connectivity index (χ4v) is 1.75. The van der Waals surface area contributed by atoms with Crippen molar-refractivity contribution in [2.24, 2.45) is 0 Å². The van der Waals surface area contributed by atoms with Gasteiger partial charge in [0.2, 0.25) is 0 Å². The van der Waals surface area contributed by atoms with Crippen molar-refractivity contribution >= 4 is 22.5 Å². The number of rotatable bonds is 2. The van der Waals surface area contributed by atoms with Crippen molar-refractivity contribution in [1.29, 1.82) is 0 Å². The van der Waals surface area contributed by atoms with Crippen LogP contribution in [0.4, 0.5) is 5.69 Å². The van der Waals surface area contributed by atoms with Crippen LogP contribution in [0.25, 0.3) is 10.9 Å². The Morgan fingerprint density at radius 1 is 1.22 bits per heavy atom. The molecule has 0 spiro atoms. The molecule has 0 aliphatic carbocycles. The summed E-state index contributed by atoms with van der Waals surface area (Å²) in [4.78, 5) is 22.6. The molecule has 2 aromatic heterocycles. The van der Waals surface area contributed by atoms with Gasteiger partial charge >= 0.3 is 0 Å². The van der Waals surface area contributed by atoms with Gasteiger partial charge in [-0.3, -0.25) is 4.79 Å². The molecular formula is C13H10N4O. The van der Waals surface area contributed by atoms with Gasteiger partial charge in [0.25, 0.3) is 5.91 Å². The summed E-state index contributed by atoms with van der Waals surface area (Å²) in [7, 11) is 0. The Kier molecular flexibility index (Phi) is 2.49. The highest BCUT2D eigenvalue weighted by molar-refractivity contribution is 6.03. The maximum Gasteiger partial charge on any atom is 0.274 e. The number of benzene rings is 1. The number of hydrogen-bond acceptors (Lipinski definition) is 3. The van der Waals surface area contributed by atoms with Gasteiger partial charge in [0.1, 0.15) is 12.0 Å². The number of amides is 1. The fraction of sp³-hybridized carbons (Fsp3) is 0. The van der Waals surface area contributed by atoms with E-state index < -0.39 is 0 Å². The third-order valence-corrected chi connectivity index (χ3v) is 2.63. The number of anilines is 1. The van der Waals surface area contributed by atoms with Crippen molar-refractivity contribution in [3.05, 3.63) is 54.7 Å². The zero-order chi connectivity index (χ0) is 12.4. The first-order valence-electron chi connectivity index (χ1n) is 5.47. The van der Waals surface area contributed by atoms with Gasteiger partial charge in [-0.2, -0.15) is 0 Å². The highest BCUT2D eigenvalue weighted by atomic mass is 16.1. The number of carbonyl (C=O) groups excluding carboxylic acids is 1. The van der Waals surface area contributed by atoms with Gasteiger partial charge in [-0.25, -0.2) is 9.97 Å². The minimum atomic E-state index is -0.247. The van der Waals surface area contributed by atoms with Crippen LogP contribution < -0.4 is 5.32 Å². The summed E-state index contributed by atoms with van der Waals surface area (Å²) in [5.41, 5.74) is 2.06. The van der Waals surface area contributed by atoms with Crippen LogP contribution >= 0.6 is 0 Å². The highest BCUT2D eigenvalue weighted by Gasteiger charge is 2.07. The van der Waals surface area contributed by atoms with Crippen molar-refractivity contribution in [3.8, 4) is 0 Å². The Labute approximate surface area is 103 Å². The van der Waals surface area contributed by atoms with Crippen molar-refractivity contribution in [2.75, 3.05) is 5.32 Å². The topological polar surface area (TPSA) is 70.7 Å². The van der Waals surface area contributed by atoms with Crippen LogP contribution in [0, 0.1) is 0 Å². The van der Waals surface area contributed by atoms with Crippen LogP contribution in [0.3, 0.4) is 0 Å². The van der Waals surface area contributed by atoms with E-state index in [1.54, 1.807) is 6.07 Å². The maximum absolute atomic E-state index is 11.9. The third-order valence-electron chi connectivity index (χ3n) is 2.63. The number of fused-ring (bicyclic) bond motifs is 1. The molecule has 3 aromatic rings. The van der Waals surface area contributed by atoms with Crippen LogP contribution in [0.2, 0.25) is 0 Å². The zero-order valence-electron chi connectivity index (χ0n) is 9.42. The van der Waals surface area contributed by atoms with Crippen molar-refractivity contribution in [3.63, 3.8) is 0 Å². The molecular weight excluding hydrogens is 228 g/mol. The number of aromatic amines is 1. The predicted octanol–water partition coefficient (Wildman–Crippen LogP) is 2.21. The SMILES string of the molecule is O=C(Nc1ccc2cc[nH]c2c1)c1ccncn1. The lowest BCUT2D eigenvalue weighted by Gasteiger charge is -2.04. The average Bonchev–Trinajstić information content (AvgIpc) is 2.87. The summed E-state index contributed by atoms with van der Waals surface area (Å²) in [5, 5.41) is 3.90. The second-order valence-corrected chi connectivity index (χ2v) is 3.83. The monoisotopic (exact) mass is 238 g/mol. The Hall–Kier alpha value is -2.69. The number of hydrogen-bond donors (Lipinski definition) is 2. The summed E-state index contributed by atoms with van der Waals surface area (Å²) >= 11 is 0. The quantitative estimate of drug-likeness (QED) is 0.719. The summed E-state index contributed by atoms with van der Waals surface area (Å²) in [6, 6.07) is 9.24. The van der Waals surface area contributed by atoms with E-state index in [-0.39, 0.29) is 5.91 Å². The molecule has 0 saturated heterocycles. The van der Waals surface area contributed by atoms with Gasteiger partial charge in [-0.05, 0) is 29.7 Å². The minimum absolute atomic E-state index is 0.247. The van der Waals surface area contributed by atoms with Crippen molar-refractivity contribution < 1.29 is 4.79 Å². The molecule has 0 radical (unpaired) electrons. The van der Waals surface area contributed by atoms with Crippen LogP contribution in [-0.4, -0.2) is 20.9 Å². The molecule has 18 heavy (non-hydrogen) atoms. The predicted molar refractivity (Wildman–Crippen MR) is 68.3 cm³/mol. The van der Waals surface area contributed by atoms with Gasteiger partial charge in [0, 0.05) is 23.6 Å². The van der Waals surface area contributed by atoms with Gasteiger partial charge in [-0.1, -0.05) is 6.07 Å². The lowest BCUT2D eigenvalue weighted by molar-refractivity contribution is 0.102. The van der Waals surface area contributed by atoms with Gasteiger partial charge in [0.15, 0.2) is 0 Å². The lowest BCUT2D eigenvalue weighted by atomic mass is 10.2. The summed E-state index contributed by atoms with van der Waals surface area (Å²) < 4.78 is 0. The molecule has 0 unspecified atom stereocenters. The lowest BCUT2D eigenvalue weighted by Crippen LogP contribution is -2.13. The van der Waals surface area contributed by atoms with E-state index in [1.807, 2.05) is 30.5 Å². The summed E-state index contributed by atoms with van der Waals surface area (Å²) in [6.07, 6.45) is 4.75. The van der Waals surface area contributed by atoms with Gasteiger partial charge < -0.3 is 10.3 Å². The van der Waals surface area contributed by atoms with Gasteiger partial charge in [0.05, 0.1) is 0 Å². The van der Waals surface area contributed by atoms with E-state index in [0.717, 1.165) is 16.6 Å². The molecule has 0 aliphatic rings. The molecule has 2 N–H and O–H groups in total. The van der Waals surface area contributed by atoms with E-state index in [2.05, 4.69) is 20.3 Å². The molecule has 88 valence electrons. The number of nitrogens with zero attached hydrogens (tertiary/aromatic N) is 2. The van der Waals surface area contributed by atoms with Crippen LogP contribution in [0.15, 0.2) is 49.1 Å². The maximum atomic E-state index is 11.9. The van der Waals surface area contributed by atoms with Crippen molar-refractivity contribution in [1.82, 2.24) is 15.0 Å². The Morgan fingerprint density at radius 3 is 3.00 bits per heavy atom. The molecule has 3 rings (SSSR count). The molecule has 0 atom stereocenters. The smallest absolute Gasteiger partial charge is 0.274 e. The highest BCUT2D eigenvalue weighted by Crippen LogP contribution is 2.17. The van der Waals surface area contributed by atoms with Gasteiger partial charge in [-0.15, -0.1) is 0 Å². The standard InChI is InChI=1S/C13H10N4O/c18-13(11-4-5-14-8-16-11)17-10-2-1-9-3-6-15-12(9)7-10/h1-8,15H,(H,17,18). The number of H-pyrrole nitrogens is 1. The normalized spacial score (nSPS) is 10.4. The molecule has 1 aromatic carbocycles. The molecule has 0 bridgehead atoms. The van der Waals surface area contributed by atoms with Crippen LogP contribution in [0.5, 0.6) is 0 Å². The number of aromatic nitrogens is 3. The number of nitrogens with one attached hydrogen (secondary N) is 2. The fourth-order valence-electron chi connectivity index (χ4n) is 1.75. The van der Waals surface area contributed by atoms with E-state index in [9.17, 15) is 4.79 Å². The zero-order valence-corrected chi connectivity index (χ0v) is 9.42. The third kappa shape index (κ3) is 1.93. The summed E-state index contributed by atoms with van der Waals surface area (Å²) in [6.45, 7) is 0. The van der Waals surface area contributed by atoms with Crippen LogP contribution in [0.1, 0.15) is 10.5 Å². The first-order chi connectivity index (χ1) is 8.83. The van der Waals surface area contributed by atoms with E-state index in [0.29, 0.717) is 5.69 Å². The van der Waals surface area contributed by atoms with E-state index in [1.165, 1.54) is 12.5 Å². The van der Waals surface area contributed by atoms with E-state index in [4.69, 9.17) is 0 Å². The molecule has 0 saturated carbocycles. The molecule has 5 heteroatoms. The molecule has 5 nitrogen and oxygen atoms in total. The Morgan fingerprint density at radius 2 is 2.17 bits per heavy atom. The average molecular weight is 238 g/mol. The summed E-state index contributed by atoms with van der Waals surface area (Å²) in [5.74, 6) is -0.247. The second kappa shape index (κ2) is 4.29. The molecule has 2 heterocycles. The van der Waals surface area contributed by atoms with Crippen LogP contribution in [-0.2, 0) is 0 Å². The Bertz CT molecular complexity index is 690. The second-order valence-electron chi connectivity index (χ2n) is 3.83.